The quantitative estimate of drug-likeness (QED) is 0.822. The minimum Gasteiger partial charge on any atom is -0.315 e. The van der Waals surface area contributed by atoms with E-state index in [-0.39, 0.29) is 0 Å². The van der Waals surface area contributed by atoms with Gasteiger partial charge in [0.2, 0.25) is 0 Å². The molecule has 108 valence electrons. The smallest absolute Gasteiger partial charge is 0.0360 e. The number of likely N-dealkylation sites (N-methyl/N-ethyl adjacent to an activating group) is 1. The fourth-order valence-corrected chi connectivity index (χ4v) is 4.46. The van der Waals surface area contributed by atoms with Crippen molar-refractivity contribution in [3.05, 3.63) is 22.4 Å². The predicted molar refractivity (Wildman–Crippen MR) is 85.0 cm³/mol. The van der Waals surface area contributed by atoms with Gasteiger partial charge >= 0.3 is 0 Å². The largest absolute Gasteiger partial charge is 0.315 e. The summed E-state index contributed by atoms with van der Waals surface area (Å²) in [6.07, 6.45) is 6.36. The molecule has 2 rings (SSSR count). The molecule has 0 aliphatic carbocycles. The van der Waals surface area contributed by atoms with E-state index in [2.05, 4.69) is 47.9 Å². The summed E-state index contributed by atoms with van der Waals surface area (Å²) in [4.78, 5) is 2.75. The zero-order valence-corrected chi connectivity index (χ0v) is 13.4. The van der Waals surface area contributed by atoms with Crippen LogP contribution in [0.25, 0.3) is 0 Å². The van der Waals surface area contributed by atoms with E-state index >= 15 is 0 Å². The van der Waals surface area contributed by atoms with Gasteiger partial charge in [-0.2, -0.15) is 11.3 Å². The molecule has 1 aromatic heterocycles. The molecule has 0 amide bonds. The summed E-state index contributed by atoms with van der Waals surface area (Å²) in [6, 6.07) is 2.82. The van der Waals surface area contributed by atoms with Crippen LogP contribution >= 0.6 is 11.3 Å². The maximum absolute atomic E-state index is 3.62. The second kappa shape index (κ2) is 6.87. The van der Waals surface area contributed by atoms with E-state index in [0.717, 1.165) is 6.42 Å². The molecule has 1 atom stereocenters. The SMILES string of the molecule is CCC(CC)(C(Cc1ccsc1)NC)N1CCCC1. The number of nitrogens with zero attached hydrogens (tertiary/aromatic N) is 1. The molecule has 1 aromatic rings. The van der Waals surface area contributed by atoms with Gasteiger partial charge in [-0.3, -0.25) is 4.90 Å². The maximum atomic E-state index is 3.62. The van der Waals surface area contributed by atoms with Crippen LogP contribution < -0.4 is 5.32 Å². The van der Waals surface area contributed by atoms with Crippen LogP contribution in [0.5, 0.6) is 0 Å². The lowest BCUT2D eigenvalue weighted by atomic mass is 9.80. The summed E-state index contributed by atoms with van der Waals surface area (Å²) < 4.78 is 0. The van der Waals surface area contributed by atoms with Gasteiger partial charge in [0.1, 0.15) is 0 Å². The molecule has 2 nitrogen and oxygen atoms in total. The first-order valence-electron chi connectivity index (χ1n) is 7.70. The average Bonchev–Trinajstić information content (AvgIpc) is 3.12. The van der Waals surface area contributed by atoms with E-state index in [4.69, 9.17) is 0 Å². The van der Waals surface area contributed by atoms with E-state index in [0.29, 0.717) is 11.6 Å². The normalized spacial score (nSPS) is 18.9. The third-order valence-electron chi connectivity index (χ3n) is 4.98. The molecule has 1 aliphatic heterocycles. The van der Waals surface area contributed by atoms with Crippen molar-refractivity contribution in [2.24, 2.45) is 0 Å². The Hall–Kier alpha value is -0.380. The summed E-state index contributed by atoms with van der Waals surface area (Å²) in [7, 11) is 2.13. The van der Waals surface area contributed by atoms with Crippen molar-refractivity contribution in [3.8, 4) is 0 Å². The van der Waals surface area contributed by atoms with Crippen molar-refractivity contribution in [1.29, 1.82) is 0 Å². The molecular formula is C16H28N2S. The molecule has 1 unspecified atom stereocenters. The zero-order valence-electron chi connectivity index (χ0n) is 12.6. The minimum atomic E-state index is 0.327. The van der Waals surface area contributed by atoms with Crippen LogP contribution in [0.4, 0.5) is 0 Å². The monoisotopic (exact) mass is 280 g/mol. The molecule has 0 bridgehead atoms. The van der Waals surface area contributed by atoms with Crippen molar-refractivity contribution in [2.45, 2.75) is 57.5 Å². The van der Waals surface area contributed by atoms with E-state index in [1.165, 1.54) is 44.3 Å². The Morgan fingerprint density at radius 2 is 2.00 bits per heavy atom. The van der Waals surface area contributed by atoms with Crippen LogP contribution in [0.1, 0.15) is 45.1 Å². The van der Waals surface area contributed by atoms with Gasteiger partial charge in [0.05, 0.1) is 0 Å². The molecule has 0 aromatic carbocycles. The molecule has 3 heteroatoms. The van der Waals surface area contributed by atoms with E-state index < -0.39 is 0 Å². The van der Waals surface area contributed by atoms with Gasteiger partial charge in [-0.15, -0.1) is 0 Å². The van der Waals surface area contributed by atoms with E-state index in [1.54, 1.807) is 0 Å². The summed E-state index contributed by atoms with van der Waals surface area (Å²) >= 11 is 1.81. The lowest BCUT2D eigenvalue weighted by Crippen LogP contribution is -2.60. The second-order valence-electron chi connectivity index (χ2n) is 5.68. The van der Waals surface area contributed by atoms with Gasteiger partial charge < -0.3 is 5.32 Å². The average molecular weight is 280 g/mol. The van der Waals surface area contributed by atoms with E-state index in [1.807, 2.05) is 11.3 Å². The van der Waals surface area contributed by atoms with Crippen molar-refractivity contribution in [1.82, 2.24) is 10.2 Å². The molecule has 2 heterocycles. The summed E-state index contributed by atoms with van der Waals surface area (Å²) in [6.45, 7) is 7.28. The summed E-state index contributed by atoms with van der Waals surface area (Å²) in [5, 5.41) is 8.11. The summed E-state index contributed by atoms with van der Waals surface area (Å²) in [5.74, 6) is 0. The van der Waals surface area contributed by atoms with Crippen molar-refractivity contribution >= 4 is 11.3 Å². The number of hydrogen-bond acceptors (Lipinski definition) is 3. The lowest BCUT2D eigenvalue weighted by molar-refractivity contribution is 0.0651. The first kappa shape index (κ1) is 15.0. The van der Waals surface area contributed by atoms with Crippen LogP contribution in [-0.2, 0) is 6.42 Å². The van der Waals surface area contributed by atoms with Gasteiger partial charge in [0, 0.05) is 11.6 Å². The van der Waals surface area contributed by atoms with Crippen LogP contribution in [0.3, 0.4) is 0 Å². The highest BCUT2D eigenvalue weighted by molar-refractivity contribution is 7.07. The first-order valence-corrected chi connectivity index (χ1v) is 8.64. The van der Waals surface area contributed by atoms with Crippen molar-refractivity contribution in [3.63, 3.8) is 0 Å². The molecule has 1 saturated heterocycles. The minimum absolute atomic E-state index is 0.327. The zero-order chi connectivity index (χ0) is 13.7. The highest BCUT2D eigenvalue weighted by Gasteiger charge is 2.41. The van der Waals surface area contributed by atoms with Crippen LogP contribution in [0.2, 0.25) is 0 Å². The Balaban J connectivity index is 2.18. The third-order valence-corrected chi connectivity index (χ3v) is 5.71. The molecule has 1 fully saturated rings. The maximum Gasteiger partial charge on any atom is 0.0360 e. The Morgan fingerprint density at radius 3 is 2.47 bits per heavy atom. The van der Waals surface area contributed by atoms with Crippen molar-refractivity contribution < 1.29 is 0 Å². The van der Waals surface area contributed by atoms with Crippen molar-refractivity contribution in [2.75, 3.05) is 20.1 Å². The van der Waals surface area contributed by atoms with Crippen LogP contribution in [0, 0.1) is 0 Å². The predicted octanol–water partition coefficient (Wildman–Crippen LogP) is 3.53. The molecule has 19 heavy (non-hydrogen) atoms. The Kier molecular flexibility index (Phi) is 5.43. The number of likely N-dealkylation sites (tertiary alicyclic amines) is 1. The number of thiophene rings is 1. The lowest BCUT2D eigenvalue weighted by Gasteiger charge is -2.47. The molecule has 0 saturated carbocycles. The Bertz CT molecular complexity index is 351. The van der Waals surface area contributed by atoms with Crippen LogP contribution in [-0.4, -0.2) is 36.6 Å². The molecule has 0 spiro atoms. The number of nitrogens with one attached hydrogen (secondary N) is 1. The second-order valence-corrected chi connectivity index (χ2v) is 6.46. The molecule has 0 radical (unpaired) electrons. The van der Waals surface area contributed by atoms with Gasteiger partial charge in [-0.1, -0.05) is 13.8 Å². The first-order chi connectivity index (χ1) is 9.26. The number of rotatable bonds is 7. The van der Waals surface area contributed by atoms with Gasteiger partial charge in [-0.25, -0.2) is 0 Å². The van der Waals surface area contributed by atoms with Crippen LogP contribution in [0.15, 0.2) is 16.8 Å². The molecule has 1 aliphatic rings. The topological polar surface area (TPSA) is 15.3 Å². The number of hydrogen-bond donors (Lipinski definition) is 1. The molecular weight excluding hydrogens is 252 g/mol. The standard InChI is InChI=1S/C16H28N2S/c1-4-16(5-2,18-9-6-7-10-18)15(17-3)12-14-8-11-19-13-14/h8,11,13,15,17H,4-7,9-10,12H2,1-3H3. The fourth-order valence-electron chi connectivity index (χ4n) is 3.78. The van der Waals surface area contributed by atoms with E-state index in [9.17, 15) is 0 Å². The van der Waals surface area contributed by atoms with Gasteiger partial charge in [0.15, 0.2) is 0 Å². The highest BCUT2D eigenvalue weighted by atomic mass is 32.1. The third kappa shape index (κ3) is 3.04. The Labute approximate surface area is 122 Å². The fraction of sp³-hybridized carbons (Fsp3) is 0.750. The highest BCUT2D eigenvalue weighted by Crippen LogP contribution is 2.33. The molecule has 1 N–H and O–H groups in total. The van der Waals surface area contributed by atoms with Gasteiger partial charge in [0.25, 0.3) is 0 Å². The summed E-state index contributed by atoms with van der Waals surface area (Å²) in [5.41, 5.74) is 1.81. The Morgan fingerprint density at radius 1 is 1.32 bits per heavy atom. The van der Waals surface area contributed by atoms with Gasteiger partial charge in [-0.05, 0) is 74.6 Å².